The fourth-order valence-electron chi connectivity index (χ4n) is 4.78. The van der Waals surface area contributed by atoms with Crippen molar-refractivity contribution in [3.63, 3.8) is 0 Å². The number of hydrogen-bond acceptors (Lipinski definition) is 6. The number of rotatable bonds is 8. The van der Waals surface area contributed by atoms with Crippen molar-refractivity contribution in [2.75, 3.05) is 57.8 Å². The molecule has 0 radical (unpaired) electrons. The van der Waals surface area contributed by atoms with Crippen molar-refractivity contribution in [1.29, 1.82) is 0 Å². The highest BCUT2D eigenvalue weighted by molar-refractivity contribution is 7.89. The highest BCUT2D eigenvalue weighted by Crippen LogP contribution is 2.25. The lowest BCUT2D eigenvalue weighted by Crippen LogP contribution is -2.52. The van der Waals surface area contributed by atoms with E-state index in [4.69, 9.17) is 0 Å². The average molecular weight is 499 g/mol. The van der Waals surface area contributed by atoms with Crippen molar-refractivity contribution < 1.29 is 18.0 Å². The van der Waals surface area contributed by atoms with Crippen molar-refractivity contribution in [3.8, 4) is 0 Å². The third kappa shape index (κ3) is 5.91. The Morgan fingerprint density at radius 3 is 2.14 bits per heavy atom. The molecule has 1 amide bonds. The molecule has 2 aromatic rings. The van der Waals surface area contributed by atoms with E-state index in [0.717, 1.165) is 13.1 Å². The highest BCUT2D eigenvalue weighted by Gasteiger charge is 2.30. The van der Waals surface area contributed by atoms with E-state index in [0.29, 0.717) is 25.2 Å². The number of anilines is 1. The maximum Gasteiger partial charge on any atom is 0.243 e. The number of benzene rings is 2. The van der Waals surface area contributed by atoms with Crippen LogP contribution in [0, 0.1) is 0 Å². The second-order valence-electron chi connectivity index (χ2n) is 9.36. The van der Waals surface area contributed by atoms with E-state index in [1.165, 1.54) is 59.6 Å². The van der Waals surface area contributed by atoms with Gasteiger partial charge in [0.15, 0.2) is 5.78 Å². The minimum absolute atomic E-state index is 0.00835. The third-order valence-electron chi connectivity index (χ3n) is 6.77. The van der Waals surface area contributed by atoms with Gasteiger partial charge in [-0.3, -0.25) is 14.5 Å². The van der Waals surface area contributed by atoms with Crippen LogP contribution in [-0.4, -0.2) is 87.1 Å². The first-order valence-electron chi connectivity index (χ1n) is 12.2. The number of piperazine rings is 1. The molecule has 2 fully saturated rings. The van der Waals surface area contributed by atoms with E-state index in [1.54, 1.807) is 4.90 Å². The van der Waals surface area contributed by atoms with Gasteiger partial charge in [-0.25, -0.2) is 8.42 Å². The summed E-state index contributed by atoms with van der Waals surface area (Å²) in [7, 11) is -1.71. The van der Waals surface area contributed by atoms with Gasteiger partial charge in [0, 0.05) is 57.1 Å². The lowest BCUT2D eigenvalue weighted by Gasteiger charge is -2.35. The van der Waals surface area contributed by atoms with Gasteiger partial charge in [0.05, 0.1) is 11.4 Å². The van der Waals surface area contributed by atoms with Crippen molar-refractivity contribution in [3.05, 3.63) is 59.7 Å². The number of amides is 1. The van der Waals surface area contributed by atoms with E-state index in [2.05, 4.69) is 23.1 Å². The molecule has 35 heavy (non-hydrogen) atoms. The zero-order valence-corrected chi connectivity index (χ0v) is 21.3. The average Bonchev–Trinajstić information content (AvgIpc) is 3.39. The zero-order chi connectivity index (χ0) is 25.0. The molecule has 0 N–H and O–H groups in total. The summed E-state index contributed by atoms with van der Waals surface area (Å²) in [5, 5.41) is 0. The summed E-state index contributed by atoms with van der Waals surface area (Å²) in [5.41, 5.74) is 2.95. The maximum absolute atomic E-state index is 13.0. The molecule has 0 atom stereocenters. The van der Waals surface area contributed by atoms with Gasteiger partial charge >= 0.3 is 0 Å². The number of hydrogen-bond donors (Lipinski definition) is 0. The summed E-state index contributed by atoms with van der Waals surface area (Å²) in [6.45, 7) is 5.80. The normalized spacial score (nSPS) is 17.2. The van der Waals surface area contributed by atoms with Gasteiger partial charge in [-0.05, 0) is 50.6 Å². The molecule has 188 valence electrons. The Balaban J connectivity index is 1.31. The fourth-order valence-corrected chi connectivity index (χ4v) is 6.20. The van der Waals surface area contributed by atoms with Crippen LogP contribution in [0.2, 0.25) is 0 Å². The Labute approximate surface area is 208 Å². The molecular weight excluding hydrogens is 464 g/mol. The molecule has 0 bridgehead atoms. The van der Waals surface area contributed by atoms with E-state index in [1.807, 2.05) is 18.0 Å². The molecule has 4 rings (SSSR count). The lowest BCUT2D eigenvalue weighted by molar-refractivity contribution is -0.133. The Morgan fingerprint density at radius 1 is 0.886 bits per heavy atom. The summed E-state index contributed by atoms with van der Waals surface area (Å²) in [6.07, 6.45) is 2.43. The molecule has 0 unspecified atom stereocenters. The van der Waals surface area contributed by atoms with Gasteiger partial charge in [-0.2, -0.15) is 4.31 Å². The summed E-state index contributed by atoms with van der Waals surface area (Å²) in [6, 6.07) is 14.4. The van der Waals surface area contributed by atoms with Gasteiger partial charge < -0.3 is 9.80 Å². The standard InChI is InChI=1S/C26H34N4O4S/c1-21(31)22-9-11-24(12-10-22)35(33,34)30-17-15-29(16-18-30)26(32)20-27(2)19-23-7-3-4-8-25(23)28-13-5-6-14-28/h3-4,7-12H,5-6,13-20H2,1-2H3. The Morgan fingerprint density at radius 2 is 1.51 bits per heavy atom. The molecule has 2 aromatic carbocycles. The number of likely N-dealkylation sites (N-methyl/N-ethyl adjacent to an activating group) is 1. The largest absolute Gasteiger partial charge is 0.371 e. The lowest BCUT2D eigenvalue weighted by atomic mass is 10.1. The van der Waals surface area contributed by atoms with Gasteiger partial charge in [0.25, 0.3) is 0 Å². The minimum atomic E-state index is -3.66. The number of carbonyl (C=O) groups is 2. The summed E-state index contributed by atoms with van der Waals surface area (Å²) < 4.78 is 27.4. The van der Waals surface area contributed by atoms with E-state index >= 15 is 0 Å². The minimum Gasteiger partial charge on any atom is -0.371 e. The fraction of sp³-hybridized carbons (Fsp3) is 0.462. The predicted molar refractivity (Wildman–Crippen MR) is 136 cm³/mol. The van der Waals surface area contributed by atoms with Gasteiger partial charge in [-0.1, -0.05) is 30.3 Å². The number of Topliss-reactive ketones (excluding diaryl/α,β-unsaturated/α-hetero) is 1. The van der Waals surface area contributed by atoms with Crippen molar-refractivity contribution in [1.82, 2.24) is 14.1 Å². The summed E-state index contributed by atoms with van der Waals surface area (Å²) in [4.78, 5) is 30.8. The summed E-state index contributed by atoms with van der Waals surface area (Å²) in [5.74, 6) is -0.0976. The maximum atomic E-state index is 13.0. The smallest absolute Gasteiger partial charge is 0.243 e. The van der Waals surface area contributed by atoms with Crippen LogP contribution < -0.4 is 4.90 Å². The molecule has 9 heteroatoms. The first kappa shape index (κ1) is 25.3. The predicted octanol–water partition coefficient (Wildman–Crippen LogP) is 2.45. The molecule has 2 aliphatic rings. The molecule has 0 saturated carbocycles. The van der Waals surface area contributed by atoms with Crippen molar-refractivity contribution in [2.24, 2.45) is 0 Å². The Hall–Kier alpha value is -2.75. The quantitative estimate of drug-likeness (QED) is 0.520. The zero-order valence-electron chi connectivity index (χ0n) is 20.5. The number of carbonyl (C=O) groups excluding carboxylic acids is 2. The second-order valence-corrected chi connectivity index (χ2v) is 11.3. The van der Waals surface area contributed by atoms with Crippen LogP contribution in [0.25, 0.3) is 0 Å². The van der Waals surface area contributed by atoms with Crippen LogP contribution in [0.4, 0.5) is 5.69 Å². The Kier molecular flexibility index (Phi) is 7.88. The van der Waals surface area contributed by atoms with E-state index < -0.39 is 10.0 Å². The number of sulfonamides is 1. The second kappa shape index (κ2) is 10.9. The molecule has 2 saturated heterocycles. The monoisotopic (exact) mass is 498 g/mol. The first-order valence-corrected chi connectivity index (χ1v) is 13.6. The molecule has 0 aromatic heterocycles. The highest BCUT2D eigenvalue weighted by atomic mass is 32.2. The number of para-hydroxylation sites is 1. The van der Waals surface area contributed by atoms with Crippen LogP contribution >= 0.6 is 0 Å². The first-order chi connectivity index (χ1) is 16.8. The van der Waals surface area contributed by atoms with Crippen LogP contribution in [0.1, 0.15) is 35.7 Å². The third-order valence-corrected chi connectivity index (χ3v) is 8.69. The van der Waals surface area contributed by atoms with Crippen molar-refractivity contribution in [2.45, 2.75) is 31.2 Å². The SMILES string of the molecule is CC(=O)c1ccc(S(=O)(=O)N2CCN(C(=O)CN(C)Cc3ccccc3N3CCCC3)CC2)cc1. The van der Waals surface area contributed by atoms with Crippen molar-refractivity contribution >= 4 is 27.4 Å². The van der Waals surface area contributed by atoms with E-state index in [-0.39, 0.29) is 36.2 Å². The van der Waals surface area contributed by atoms with Crippen LogP contribution in [0.3, 0.4) is 0 Å². The molecule has 2 aliphatic heterocycles. The number of ketones is 1. The molecule has 0 aliphatic carbocycles. The van der Waals surface area contributed by atoms with Gasteiger partial charge in [0.1, 0.15) is 0 Å². The van der Waals surface area contributed by atoms with Gasteiger partial charge in [-0.15, -0.1) is 0 Å². The van der Waals surface area contributed by atoms with Crippen LogP contribution in [0.15, 0.2) is 53.4 Å². The summed E-state index contributed by atoms with van der Waals surface area (Å²) >= 11 is 0. The van der Waals surface area contributed by atoms with Crippen LogP contribution in [-0.2, 0) is 21.4 Å². The molecular formula is C26H34N4O4S. The molecule has 2 heterocycles. The number of nitrogens with zero attached hydrogens (tertiary/aromatic N) is 4. The van der Waals surface area contributed by atoms with Gasteiger partial charge in [0.2, 0.25) is 15.9 Å². The van der Waals surface area contributed by atoms with E-state index in [9.17, 15) is 18.0 Å². The topological polar surface area (TPSA) is 81.2 Å². The molecule has 0 spiro atoms. The molecule has 8 nitrogen and oxygen atoms in total. The van der Waals surface area contributed by atoms with Crippen LogP contribution in [0.5, 0.6) is 0 Å². The Bertz CT molecular complexity index is 1150.